The summed E-state index contributed by atoms with van der Waals surface area (Å²) in [6.45, 7) is 12.7. The lowest BCUT2D eigenvalue weighted by molar-refractivity contribution is -0.0470. The molecule has 0 spiro atoms. The first kappa shape index (κ1) is 17.9. The Hall–Kier alpha value is -0.0800. The molecule has 0 aromatic heterocycles. The van der Waals surface area contributed by atoms with Crippen LogP contribution in [0.1, 0.15) is 73.1 Å². The molecule has 1 N–H and O–H groups in total. The van der Waals surface area contributed by atoms with Crippen molar-refractivity contribution in [2.45, 2.75) is 85.4 Å². The molecule has 2 nitrogen and oxygen atoms in total. The van der Waals surface area contributed by atoms with E-state index in [0.717, 1.165) is 19.0 Å². The van der Waals surface area contributed by atoms with E-state index >= 15 is 0 Å². The van der Waals surface area contributed by atoms with Gasteiger partial charge >= 0.3 is 0 Å². The topological polar surface area (TPSA) is 21.3 Å². The van der Waals surface area contributed by atoms with Crippen LogP contribution in [0.15, 0.2) is 0 Å². The number of nitrogens with one attached hydrogen (secondary N) is 1. The summed E-state index contributed by atoms with van der Waals surface area (Å²) in [5, 5.41) is 3.38. The number of ether oxygens (including phenoxy) is 1. The third kappa shape index (κ3) is 7.38. The minimum atomic E-state index is 0.551. The van der Waals surface area contributed by atoms with Gasteiger partial charge in [-0.25, -0.2) is 0 Å². The van der Waals surface area contributed by atoms with Crippen molar-refractivity contribution in [1.82, 2.24) is 5.32 Å². The molecule has 2 aliphatic rings. The summed E-state index contributed by atoms with van der Waals surface area (Å²) in [6, 6.07) is 0. The van der Waals surface area contributed by atoms with Crippen LogP contribution in [0.4, 0.5) is 0 Å². The molecule has 1 aliphatic carbocycles. The smallest absolute Gasteiger partial charge is 0.0603 e. The maximum atomic E-state index is 6.14. The van der Waals surface area contributed by atoms with Crippen LogP contribution in [0.5, 0.6) is 0 Å². The van der Waals surface area contributed by atoms with Gasteiger partial charge in [0, 0.05) is 0 Å². The summed E-state index contributed by atoms with van der Waals surface area (Å²) < 4.78 is 6.14. The molecule has 2 heteroatoms. The normalized spacial score (nSPS) is 28.5. The highest BCUT2D eigenvalue weighted by molar-refractivity contribution is 4.74. The zero-order valence-corrected chi connectivity index (χ0v) is 13.3. The number of rotatable bonds is 2. The lowest BCUT2D eigenvalue weighted by Gasteiger charge is -2.32. The Morgan fingerprint density at radius 1 is 0.722 bits per heavy atom. The SMILES string of the molecule is CC.CC.CC1CCC(OC2CCNCC2)CC1. The Labute approximate surface area is 115 Å². The van der Waals surface area contributed by atoms with Gasteiger partial charge in [0.05, 0.1) is 12.2 Å². The van der Waals surface area contributed by atoms with Gasteiger partial charge in [0.25, 0.3) is 0 Å². The first-order valence-corrected chi connectivity index (χ1v) is 8.21. The Morgan fingerprint density at radius 3 is 1.67 bits per heavy atom. The van der Waals surface area contributed by atoms with Gasteiger partial charge in [-0.05, 0) is 57.5 Å². The van der Waals surface area contributed by atoms with E-state index in [1.807, 2.05) is 27.7 Å². The van der Waals surface area contributed by atoms with Crippen molar-refractivity contribution in [2.75, 3.05) is 13.1 Å². The second kappa shape index (κ2) is 12.0. The van der Waals surface area contributed by atoms with E-state index in [9.17, 15) is 0 Å². The van der Waals surface area contributed by atoms with Crippen molar-refractivity contribution < 1.29 is 4.74 Å². The maximum absolute atomic E-state index is 6.14. The molecule has 1 saturated heterocycles. The van der Waals surface area contributed by atoms with Crippen LogP contribution in [-0.4, -0.2) is 25.3 Å². The first-order valence-electron chi connectivity index (χ1n) is 8.21. The summed E-state index contributed by atoms with van der Waals surface area (Å²) in [7, 11) is 0. The van der Waals surface area contributed by atoms with E-state index in [1.165, 1.54) is 38.5 Å². The molecular formula is C16H35NO. The third-order valence-corrected chi connectivity index (χ3v) is 3.63. The minimum absolute atomic E-state index is 0.551. The average molecular weight is 257 g/mol. The monoisotopic (exact) mass is 257 g/mol. The van der Waals surface area contributed by atoms with Crippen molar-refractivity contribution in [3.63, 3.8) is 0 Å². The van der Waals surface area contributed by atoms with Gasteiger partial charge in [-0.1, -0.05) is 34.6 Å². The fourth-order valence-corrected chi connectivity index (χ4v) is 2.57. The highest BCUT2D eigenvalue weighted by Crippen LogP contribution is 2.27. The fourth-order valence-electron chi connectivity index (χ4n) is 2.57. The number of piperidine rings is 1. The summed E-state index contributed by atoms with van der Waals surface area (Å²) in [4.78, 5) is 0. The molecule has 1 saturated carbocycles. The van der Waals surface area contributed by atoms with Gasteiger partial charge in [-0.2, -0.15) is 0 Å². The number of hydrogen-bond donors (Lipinski definition) is 1. The molecule has 0 aromatic rings. The second-order valence-corrected chi connectivity index (χ2v) is 4.97. The van der Waals surface area contributed by atoms with E-state index < -0.39 is 0 Å². The summed E-state index contributed by atoms with van der Waals surface area (Å²) >= 11 is 0. The number of hydrogen-bond acceptors (Lipinski definition) is 2. The standard InChI is InChI=1S/C12H23NO.2C2H6/c1-10-2-4-11(5-3-10)14-12-6-8-13-9-7-12;2*1-2/h10-13H,2-9H2,1H3;2*1-2H3. The summed E-state index contributed by atoms with van der Waals surface area (Å²) in [6.07, 6.45) is 8.89. The molecule has 0 bridgehead atoms. The second-order valence-electron chi connectivity index (χ2n) is 4.97. The van der Waals surface area contributed by atoms with Crippen LogP contribution in [0.2, 0.25) is 0 Å². The Bertz CT molecular complexity index is 158. The third-order valence-electron chi connectivity index (χ3n) is 3.63. The molecule has 1 heterocycles. The van der Waals surface area contributed by atoms with E-state index in [-0.39, 0.29) is 0 Å². The molecular weight excluding hydrogens is 222 g/mol. The quantitative estimate of drug-likeness (QED) is 0.792. The average Bonchev–Trinajstić information content (AvgIpc) is 2.47. The Kier molecular flexibility index (Phi) is 11.9. The van der Waals surface area contributed by atoms with Gasteiger partial charge in [0.2, 0.25) is 0 Å². The van der Waals surface area contributed by atoms with Crippen molar-refractivity contribution in [1.29, 1.82) is 0 Å². The molecule has 2 fully saturated rings. The van der Waals surface area contributed by atoms with Gasteiger partial charge in [-0.3, -0.25) is 0 Å². The van der Waals surface area contributed by atoms with Gasteiger partial charge in [0.15, 0.2) is 0 Å². The van der Waals surface area contributed by atoms with Crippen LogP contribution < -0.4 is 5.32 Å². The highest BCUT2D eigenvalue weighted by Gasteiger charge is 2.22. The molecule has 0 amide bonds. The molecule has 0 unspecified atom stereocenters. The predicted octanol–water partition coefficient (Wildman–Crippen LogP) is 4.39. The molecule has 18 heavy (non-hydrogen) atoms. The Morgan fingerprint density at radius 2 is 1.17 bits per heavy atom. The van der Waals surface area contributed by atoms with Crippen LogP contribution in [-0.2, 0) is 4.74 Å². The van der Waals surface area contributed by atoms with E-state index in [1.54, 1.807) is 0 Å². The van der Waals surface area contributed by atoms with Crippen LogP contribution in [0.3, 0.4) is 0 Å². The van der Waals surface area contributed by atoms with Crippen LogP contribution >= 0.6 is 0 Å². The van der Waals surface area contributed by atoms with Crippen molar-refractivity contribution >= 4 is 0 Å². The van der Waals surface area contributed by atoms with Crippen LogP contribution in [0.25, 0.3) is 0 Å². The van der Waals surface area contributed by atoms with E-state index in [0.29, 0.717) is 12.2 Å². The first-order chi connectivity index (χ1) is 8.84. The lowest BCUT2D eigenvalue weighted by Crippen LogP contribution is -2.35. The molecule has 0 radical (unpaired) electrons. The summed E-state index contributed by atoms with van der Waals surface area (Å²) in [5.74, 6) is 0.933. The van der Waals surface area contributed by atoms with Crippen molar-refractivity contribution in [3.05, 3.63) is 0 Å². The Balaban J connectivity index is 0.000000659. The molecule has 1 aliphatic heterocycles. The predicted molar refractivity (Wildman–Crippen MR) is 81.1 cm³/mol. The van der Waals surface area contributed by atoms with Crippen molar-refractivity contribution in [3.8, 4) is 0 Å². The molecule has 2 rings (SSSR count). The van der Waals surface area contributed by atoms with E-state index in [2.05, 4.69) is 12.2 Å². The highest BCUT2D eigenvalue weighted by atomic mass is 16.5. The van der Waals surface area contributed by atoms with Gasteiger partial charge < -0.3 is 10.1 Å². The molecule has 110 valence electrons. The van der Waals surface area contributed by atoms with E-state index in [4.69, 9.17) is 4.74 Å². The van der Waals surface area contributed by atoms with Crippen molar-refractivity contribution in [2.24, 2.45) is 5.92 Å². The fraction of sp³-hybridized carbons (Fsp3) is 1.00. The van der Waals surface area contributed by atoms with Gasteiger partial charge in [-0.15, -0.1) is 0 Å². The largest absolute Gasteiger partial charge is 0.375 e. The van der Waals surface area contributed by atoms with Crippen LogP contribution in [0, 0.1) is 5.92 Å². The maximum Gasteiger partial charge on any atom is 0.0603 e. The lowest BCUT2D eigenvalue weighted by atomic mass is 9.89. The zero-order chi connectivity index (χ0) is 13.8. The molecule has 0 aromatic carbocycles. The zero-order valence-electron chi connectivity index (χ0n) is 13.3. The molecule has 0 atom stereocenters. The van der Waals surface area contributed by atoms with Gasteiger partial charge in [0.1, 0.15) is 0 Å². The minimum Gasteiger partial charge on any atom is -0.375 e. The summed E-state index contributed by atoms with van der Waals surface area (Å²) in [5.41, 5.74) is 0.